The summed E-state index contributed by atoms with van der Waals surface area (Å²) < 4.78 is 0. The third kappa shape index (κ3) is 4.97. The van der Waals surface area contributed by atoms with Crippen molar-refractivity contribution in [1.29, 1.82) is 0 Å². The normalized spacial score (nSPS) is 16.4. The number of carbonyl (C=O) groups is 1. The molecule has 0 bridgehead atoms. The number of amides is 2. The first kappa shape index (κ1) is 22.4. The first-order valence-corrected chi connectivity index (χ1v) is 11.5. The Balaban J connectivity index is 1.62. The van der Waals surface area contributed by atoms with Gasteiger partial charge in [0.2, 0.25) is 0 Å². The summed E-state index contributed by atoms with van der Waals surface area (Å²) in [6.45, 7) is 6.90. The lowest BCUT2D eigenvalue weighted by Crippen LogP contribution is -2.45. The van der Waals surface area contributed by atoms with Crippen LogP contribution in [0.1, 0.15) is 30.9 Å². The average Bonchev–Trinajstić information content (AvgIpc) is 3.22. The minimum Gasteiger partial charge on any atom is -0.322 e. The van der Waals surface area contributed by atoms with E-state index in [9.17, 15) is 9.59 Å². The number of hydrogen-bond acceptors (Lipinski definition) is 3. The summed E-state index contributed by atoms with van der Waals surface area (Å²) in [6.07, 6.45) is 2.16. The van der Waals surface area contributed by atoms with Gasteiger partial charge in [-0.1, -0.05) is 42.8 Å². The van der Waals surface area contributed by atoms with Crippen LogP contribution in [0.5, 0.6) is 0 Å². The Morgan fingerprint density at radius 1 is 1.25 bits per heavy atom. The minimum atomic E-state index is -0.260. The number of halogens is 1. The molecule has 1 aliphatic rings. The fourth-order valence-corrected chi connectivity index (χ4v) is 4.61. The molecule has 4 rings (SSSR count). The number of likely N-dealkylation sites (tertiary alicyclic amines) is 1. The number of hydrogen-bond donors (Lipinski definition) is 2. The van der Waals surface area contributed by atoms with Gasteiger partial charge in [-0.2, -0.15) is 0 Å². The van der Waals surface area contributed by atoms with E-state index in [1.165, 1.54) is 0 Å². The number of urea groups is 1. The van der Waals surface area contributed by atoms with Gasteiger partial charge < -0.3 is 15.2 Å². The molecular formula is C25H29ClN4O2. The standard InChI is InChI=1S/C25H29ClN4O2/c1-3-29-12-6-7-20(29)16-30(25(32)28-22-9-5-4-8-21(22)26)15-19-14-18-11-10-17(2)13-23(18)27-24(19)31/h4-5,8-11,13-14,20H,3,6-7,12,15-16H2,1-2H3,(H,27,31)(H,28,32)/t20-/m0/s1. The number of nitrogens with zero attached hydrogens (tertiary/aromatic N) is 2. The van der Waals surface area contributed by atoms with Crippen molar-refractivity contribution in [2.45, 2.75) is 39.3 Å². The number of H-pyrrole nitrogens is 1. The molecule has 3 aromatic rings. The number of aromatic amines is 1. The molecule has 0 saturated carbocycles. The summed E-state index contributed by atoms with van der Waals surface area (Å²) in [7, 11) is 0. The molecule has 7 heteroatoms. The maximum atomic E-state index is 13.3. The zero-order valence-electron chi connectivity index (χ0n) is 18.5. The lowest BCUT2D eigenvalue weighted by molar-refractivity contribution is 0.174. The van der Waals surface area contributed by atoms with Crippen LogP contribution in [0.4, 0.5) is 10.5 Å². The zero-order valence-corrected chi connectivity index (χ0v) is 19.3. The van der Waals surface area contributed by atoms with Gasteiger partial charge in [0.15, 0.2) is 0 Å². The first-order valence-electron chi connectivity index (χ1n) is 11.1. The summed E-state index contributed by atoms with van der Waals surface area (Å²) in [4.78, 5) is 33.2. The molecular weight excluding hydrogens is 424 g/mol. The highest BCUT2D eigenvalue weighted by atomic mass is 35.5. The monoisotopic (exact) mass is 452 g/mol. The fraction of sp³-hybridized carbons (Fsp3) is 0.360. The number of pyridine rings is 1. The van der Waals surface area contributed by atoms with Crippen LogP contribution in [-0.4, -0.2) is 46.5 Å². The summed E-state index contributed by atoms with van der Waals surface area (Å²) in [5.41, 5.74) is 2.85. The van der Waals surface area contributed by atoms with Gasteiger partial charge in [0.05, 0.1) is 17.3 Å². The molecule has 0 radical (unpaired) electrons. The van der Waals surface area contributed by atoms with E-state index in [-0.39, 0.29) is 24.2 Å². The number of fused-ring (bicyclic) bond motifs is 1. The second-order valence-corrected chi connectivity index (χ2v) is 8.84. The molecule has 2 aromatic carbocycles. The molecule has 6 nitrogen and oxygen atoms in total. The quantitative estimate of drug-likeness (QED) is 0.552. The zero-order chi connectivity index (χ0) is 22.7. The van der Waals surface area contributed by atoms with E-state index in [4.69, 9.17) is 11.6 Å². The van der Waals surface area contributed by atoms with E-state index >= 15 is 0 Å². The molecule has 1 atom stereocenters. The second-order valence-electron chi connectivity index (χ2n) is 8.43. The molecule has 1 saturated heterocycles. The Bertz CT molecular complexity index is 1180. The van der Waals surface area contributed by atoms with E-state index in [1.807, 2.05) is 43.3 Å². The fourth-order valence-electron chi connectivity index (χ4n) is 4.43. The molecule has 0 spiro atoms. The molecule has 32 heavy (non-hydrogen) atoms. The molecule has 168 valence electrons. The number of aromatic nitrogens is 1. The van der Waals surface area contributed by atoms with Crippen LogP contribution in [0.15, 0.2) is 53.3 Å². The Kier molecular flexibility index (Phi) is 6.82. The predicted molar refractivity (Wildman–Crippen MR) is 130 cm³/mol. The lowest BCUT2D eigenvalue weighted by atomic mass is 10.1. The second kappa shape index (κ2) is 9.76. The number of benzene rings is 2. The third-order valence-corrected chi connectivity index (χ3v) is 6.51. The van der Waals surface area contributed by atoms with Gasteiger partial charge in [-0.15, -0.1) is 0 Å². The highest BCUT2D eigenvalue weighted by Crippen LogP contribution is 2.23. The predicted octanol–water partition coefficient (Wildman–Crippen LogP) is 5.01. The maximum Gasteiger partial charge on any atom is 0.322 e. The Morgan fingerprint density at radius 3 is 2.84 bits per heavy atom. The van der Waals surface area contributed by atoms with Crippen LogP contribution >= 0.6 is 11.6 Å². The van der Waals surface area contributed by atoms with Crippen molar-refractivity contribution in [1.82, 2.24) is 14.8 Å². The number of likely N-dealkylation sites (N-methyl/N-ethyl adjacent to an activating group) is 1. The topological polar surface area (TPSA) is 68.4 Å². The van der Waals surface area contributed by atoms with Gasteiger partial charge in [-0.3, -0.25) is 9.69 Å². The summed E-state index contributed by atoms with van der Waals surface area (Å²) in [5, 5.41) is 4.36. The van der Waals surface area contributed by atoms with E-state index in [0.29, 0.717) is 22.8 Å². The third-order valence-electron chi connectivity index (χ3n) is 6.18. The number of para-hydroxylation sites is 1. The molecule has 1 aromatic heterocycles. The van der Waals surface area contributed by atoms with E-state index < -0.39 is 0 Å². The van der Waals surface area contributed by atoms with Crippen molar-refractivity contribution in [3.63, 3.8) is 0 Å². The minimum absolute atomic E-state index is 0.169. The Labute approximate surface area is 193 Å². The van der Waals surface area contributed by atoms with Gasteiger partial charge in [0, 0.05) is 23.7 Å². The van der Waals surface area contributed by atoms with Gasteiger partial charge in [0.1, 0.15) is 0 Å². The average molecular weight is 453 g/mol. The Morgan fingerprint density at radius 2 is 2.06 bits per heavy atom. The molecule has 1 fully saturated rings. The first-order chi connectivity index (χ1) is 15.4. The van der Waals surface area contributed by atoms with Crippen LogP contribution in [0, 0.1) is 6.92 Å². The van der Waals surface area contributed by atoms with Gasteiger partial charge in [0.25, 0.3) is 5.56 Å². The number of rotatable bonds is 6. The number of aryl methyl sites for hydroxylation is 1. The molecule has 2 N–H and O–H groups in total. The van der Waals surface area contributed by atoms with Crippen molar-refractivity contribution in [3.8, 4) is 0 Å². The SMILES string of the molecule is CCN1CCC[C@H]1CN(Cc1cc2ccc(C)cc2[nH]c1=O)C(=O)Nc1ccccc1Cl. The van der Waals surface area contributed by atoms with Gasteiger partial charge in [-0.05, 0) is 68.1 Å². The van der Waals surface area contributed by atoms with Crippen LogP contribution in [0.2, 0.25) is 5.02 Å². The Hall–Kier alpha value is -2.83. The van der Waals surface area contributed by atoms with Crippen LogP contribution < -0.4 is 10.9 Å². The largest absolute Gasteiger partial charge is 0.322 e. The number of anilines is 1. The lowest BCUT2D eigenvalue weighted by Gasteiger charge is -2.30. The molecule has 2 heterocycles. The van der Waals surface area contributed by atoms with Crippen molar-refractivity contribution in [2.75, 3.05) is 25.0 Å². The molecule has 1 aliphatic heterocycles. The maximum absolute atomic E-state index is 13.3. The summed E-state index contributed by atoms with van der Waals surface area (Å²) in [6, 6.07) is 15.0. The van der Waals surface area contributed by atoms with Crippen molar-refractivity contribution >= 4 is 34.2 Å². The van der Waals surface area contributed by atoms with Gasteiger partial charge in [-0.25, -0.2) is 4.79 Å². The van der Waals surface area contributed by atoms with Crippen molar-refractivity contribution < 1.29 is 4.79 Å². The number of nitrogens with one attached hydrogen (secondary N) is 2. The highest BCUT2D eigenvalue weighted by molar-refractivity contribution is 6.33. The molecule has 0 unspecified atom stereocenters. The van der Waals surface area contributed by atoms with Crippen LogP contribution in [-0.2, 0) is 6.54 Å². The highest BCUT2D eigenvalue weighted by Gasteiger charge is 2.28. The summed E-state index contributed by atoms with van der Waals surface area (Å²) >= 11 is 6.26. The van der Waals surface area contributed by atoms with Crippen LogP contribution in [0.3, 0.4) is 0 Å². The van der Waals surface area contributed by atoms with E-state index in [0.717, 1.165) is 42.4 Å². The van der Waals surface area contributed by atoms with E-state index in [1.54, 1.807) is 17.0 Å². The van der Waals surface area contributed by atoms with Gasteiger partial charge >= 0.3 is 6.03 Å². The smallest absolute Gasteiger partial charge is 0.322 e. The van der Waals surface area contributed by atoms with Crippen molar-refractivity contribution in [3.05, 3.63) is 75.0 Å². The molecule has 2 amide bonds. The molecule has 0 aliphatic carbocycles. The van der Waals surface area contributed by atoms with Crippen LogP contribution in [0.25, 0.3) is 10.9 Å². The number of carbonyl (C=O) groups excluding carboxylic acids is 1. The van der Waals surface area contributed by atoms with Crippen molar-refractivity contribution in [2.24, 2.45) is 0 Å². The summed E-state index contributed by atoms with van der Waals surface area (Å²) in [5.74, 6) is 0. The van der Waals surface area contributed by atoms with E-state index in [2.05, 4.69) is 22.1 Å².